The van der Waals surface area contributed by atoms with Gasteiger partial charge in [-0.2, -0.15) is 0 Å². The number of rotatable bonds is 4. The van der Waals surface area contributed by atoms with Crippen molar-refractivity contribution in [3.8, 4) is 0 Å². The number of fused-ring (bicyclic) bond motifs is 1. The first-order chi connectivity index (χ1) is 11.2. The average Bonchev–Trinajstić information content (AvgIpc) is 3.02. The van der Waals surface area contributed by atoms with Gasteiger partial charge in [0.15, 0.2) is 17.7 Å². The second kappa shape index (κ2) is 7.39. The van der Waals surface area contributed by atoms with E-state index in [0.717, 1.165) is 12.2 Å². The minimum atomic E-state index is -4.49. The van der Waals surface area contributed by atoms with Crippen molar-refractivity contribution >= 4 is 24.6 Å². The summed E-state index contributed by atoms with van der Waals surface area (Å²) in [5.74, 6) is 0.163. The summed E-state index contributed by atoms with van der Waals surface area (Å²) in [6, 6.07) is 0. The zero-order chi connectivity index (χ0) is 17.5. The zero-order valence-electron chi connectivity index (χ0n) is 13.3. The van der Waals surface area contributed by atoms with Crippen LogP contribution >= 0.6 is 7.60 Å². The van der Waals surface area contributed by atoms with E-state index in [1.54, 1.807) is 0 Å². The summed E-state index contributed by atoms with van der Waals surface area (Å²) in [5, 5.41) is 20.8. The third-order valence-corrected chi connectivity index (χ3v) is 4.34. The molecule has 1 fully saturated rings. The van der Waals surface area contributed by atoms with Crippen LogP contribution in [0.25, 0.3) is 11.2 Å². The molecule has 4 atom stereocenters. The van der Waals surface area contributed by atoms with Crippen LogP contribution < -0.4 is 40.2 Å². The van der Waals surface area contributed by atoms with Gasteiger partial charge in [0.1, 0.15) is 31.1 Å². The van der Waals surface area contributed by atoms with Crippen LogP contribution in [0.1, 0.15) is 6.23 Å². The van der Waals surface area contributed by atoms with Crippen LogP contribution in [0, 0.1) is 0 Å². The SMILES string of the molecule is Nc1ncnc2c1ncn2[C@@H]1OC[C@](O)(/C=C/CP(=O)([O-])O)[C@H]1O.[Na+]. The summed E-state index contributed by atoms with van der Waals surface area (Å²) < 4.78 is 17.6. The molecule has 11 nitrogen and oxygen atoms in total. The van der Waals surface area contributed by atoms with Crippen LogP contribution in [0.2, 0.25) is 0 Å². The fraction of sp³-hybridized carbons (Fsp3) is 0.417. The molecule has 130 valence electrons. The van der Waals surface area contributed by atoms with Crippen LogP contribution in [0.3, 0.4) is 0 Å². The Bertz CT molecular complexity index is 841. The Morgan fingerprint density at radius 3 is 2.92 bits per heavy atom. The van der Waals surface area contributed by atoms with Crippen LogP contribution in [0.15, 0.2) is 24.8 Å². The number of ether oxygens (including phenoxy) is 1. The molecule has 0 amide bonds. The second-order valence-electron chi connectivity index (χ2n) is 5.44. The minimum Gasteiger partial charge on any atom is -0.778 e. The van der Waals surface area contributed by atoms with Crippen molar-refractivity contribution in [3.63, 3.8) is 0 Å². The van der Waals surface area contributed by atoms with Gasteiger partial charge in [0.05, 0.1) is 12.9 Å². The first-order valence-electron chi connectivity index (χ1n) is 6.87. The molecule has 1 aliphatic rings. The van der Waals surface area contributed by atoms with E-state index in [0.29, 0.717) is 11.2 Å². The number of nitrogen functional groups attached to an aromatic ring is 1. The number of aliphatic hydroxyl groups is 2. The van der Waals surface area contributed by atoms with E-state index in [9.17, 15) is 19.7 Å². The van der Waals surface area contributed by atoms with Gasteiger partial charge in [-0.3, -0.25) is 4.57 Å². The maximum Gasteiger partial charge on any atom is 1.00 e. The summed E-state index contributed by atoms with van der Waals surface area (Å²) >= 11 is 0. The molecule has 1 saturated heterocycles. The number of imidazole rings is 1. The van der Waals surface area contributed by atoms with Crippen molar-refractivity contribution in [2.24, 2.45) is 0 Å². The molecule has 0 radical (unpaired) electrons. The van der Waals surface area contributed by atoms with Gasteiger partial charge in [-0.25, -0.2) is 15.0 Å². The summed E-state index contributed by atoms with van der Waals surface area (Å²) in [7, 11) is -4.49. The fourth-order valence-electron chi connectivity index (χ4n) is 2.47. The number of anilines is 1. The Morgan fingerprint density at radius 2 is 2.24 bits per heavy atom. The van der Waals surface area contributed by atoms with Gasteiger partial charge in [-0.1, -0.05) is 12.2 Å². The number of nitrogens with zero attached hydrogens (tertiary/aromatic N) is 4. The number of allylic oxidation sites excluding steroid dienone is 1. The molecule has 2 aromatic heterocycles. The monoisotopic (exact) mass is 379 g/mol. The maximum absolute atomic E-state index is 10.7. The predicted octanol–water partition coefficient (Wildman–Crippen LogP) is -4.86. The van der Waals surface area contributed by atoms with E-state index >= 15 is 0 Å². The molecule has 2 aromatic rings. The average molecular weight is 379 g/mol. The van der Waals surface area contributed by atoms with Crippen molar-refractivity contribution in [2.75, 3.05) is 18.5 Å². The first kappa shape index (κ1) is 20.4. The van der Waals surface area contributed by atoms with Crippen LogP contribution in [-0.2, 0) is 9.30 Å². The van der Waals surface area contributed by atoms with E-state index in [4.69, 9.17) is 15.4 Å². The molecule has 0 aromatic carbocycles. The molecular weight excluding hydrogens is 364 g/mol. The molecule has 3 heterocycles. The standard InChI is InChI=1S/C12H16N5O6P.Na/c13-9-7-10(15-5-14-9)17(6-16-7)11-8(18)12(19,4-23-11)2-1-3-24(20,21)22;/h1-2,5-6,8,11,18-19H,3-4H2,(H2,13,14,15)(H2,20,21,22);/q;+1/p-1/b2-1+;/t8-,11+,12+;/m0./s1. The number of aliphatic hydroxyl groups excluding tert-OH is 1. The molecule has 0 saturated carbocycles. The number of hydrogen-bond acceptors (Lipinski definition) is 9. The Morgan fingerprint density at radius 1 is 1.52 bits per heavy atom. The molecule has 25 heavy (non-hydrogen) atoms. The third-order valence-electron chi connectivity index (χ3n) is 3.67. The van der Waals surface area contributed by atoms with Crippen molar-refractivity contribution in [1.29, 1.82) is 0 Å². The Kier molecular flexibility index (Phi) is 6.04. The minimum absolute atomic E-state index is 0. The molecule has 0 spiro atoms. The van der Waals surface area contributed by atoms with Crippen molar-refractivity contribution < 1.29 is 58.9 Å². The largest absolute Gasteiger partial charge is 1.00 e. The normalized spacial score (nSPS) is 29.0. The van der Waals surface area contributed by atoms with Gasteiger partial charge >= 0.3 is 29.6 Å². The smallest absolute Gasteiger partial charge is 0.778 e. The molecule has 13 heteroatoms. The molecule has 1 aliphatic heterocycles. The zero-order valence-corrected chi connectivity index (χ0v) is 16.2. The van der Waals surface area contributed by atoms with Crippen LogP contribution in [0.5, 0.6) is 0 Å². The van der Waals surface area contributed by atoms with Gasteiger partial charge in [-0.05, 0) is 0 Å². The Labute approximate surface area is 164 Å². The quantitative estimate of drug-likeness (QED) is 0.228. The fourth-order valence-corrected chi connectivity index (χ4v) is 2.84. The van der Waals surface area contributed by atoms with Crippen LogP contribution in [-0.4, -0.2) is 59.1 Å². The number of nitrogens with two attached hydrogens (primary N) is 1. The second-order valence-corrected chi connectivity index (χ2v) is 7.08. The van der Waals surface area contributed by atoms with Gasteiger partial charge < -0.3 is 35.0 Å². The molecule has 3 rings (SSSR count). The summed E-state index contributed by atoms with van der Waals surface area (Å²) in [6.07, 6.45) is 1.62. The summed E-state index contributed by atoms with van der Waals surface area (Å²) in [5.41, 5.74) is 4.51. The molecule has 0 bridgehead atoms. The molecular formula is C12H15N5NaO6P. The predicted molar refractivity (Wildman–Crippen MR) is 79.5 cm³/mol. The topological polar surface area (TPSA) is 180 Å². The Hall–Kier alpha value is -0.880. The summed E-state index contributed by atoms with van der Waals surface area (Å²) in [4.78, 5) is 31.3. The van der Waals surface area contributed by atoms with Gasteiger partial charge in [-0.15, -0.1) is 0 Å². The van der Waals surface area contributed by atoms with E-state index in [1.807, 2.05) is 0 Å². The molecule has 5 N–H and O–H groups in total. The third kappa shape index (κ3) is 4.11. The van der Waals surface area contributed by atoms with Crippen molar-refractivity contribution in [2.45, 2.75) is 17.9 Å². The number of hydrogen-bond donors (Lipinski definition) is 4. The Balaban J connectivity index is 0.00000225. The van der Waals surface area contributed by atoms with E-state index in [2.05, 4.69) is 15.0 Å². The van der Waals surface area contributed by atoms with E-state index in [-0.39, 0.29) is 42.0 Å². The van der Waals surface area contributed by atoms with Crippen LogP contribution in [0.4, 0.5) is 5.82 Å². The van der Waals surface area contributed by atoms with Crippen molar-refractivity contribution in [3.05, 3.63) is 24.8 Å². The number of aromatic nitrogens is 4. The first-order valence-corrected chi connectivity index (χ1v) is 8.63. The van der Waals surface area contributed by atoms with Gasteiger partial charge in [0, 0.05) is 6.16 Å². The molecule has 1 unspecified atom stereocenters. The van der Waals surface area contributed by atoms with Gasteiger partial charge in [0.25, 0.3) is 0 Å². The molecule has 0 aliphatic carbocycles. The summed E-state index contributed by atoms with van der Waals surface area (Å²) in [6.45, 7) is -0.288. The van der Waals surface area contributed by atoms with E-state index < -0.39 is 31.7 Å². The van der Waals surface area contributed by atoms with Crippen molar-refractivity contribution in [1.82, 2.24) is 19.5 Å². The van der Waals surface area contributed by atoms with E-state index in [1.165, 1.54) is 17.2 Å². The maximum atomic E-state index is 10.7. The van der Waals surface area contributed by atoms with Gasteiger partial charge in [0.2, 0.25) is 0 Å².